The molecule has 0 aliphatic heterocycles. The molecule has 1 rings (SSSR count). The van der Waals surface area contributed by atoms with Crippen molar-refractivity contribution >= 4 is 11.7 Å². The first-order valence-electron chi connectivity index (χ1n) is 6.21. The Kier molecular flexibility index (Phi) is 5.58. The molecule has 0 aliphatic carbocycles. The molecule has 0 saturated heterocycles. The molecule has 0 fully saturated rings. The summed E-state index contributed by atoms with van der Waals surface area (Å²) < 4.78 is 0. The first-order chi connectivity index (χ1) is 8.52. The molecule has 1 heterocycles. The lowest BCUT2D eigenvalue weighted by atomic mass is 10.2. The number of hydrogen-bond acceptors (Lipinski definition) is 3. The SMILES string of the molecule is CCN(CC(=O)NC(C)C)CC(=O)c1ccc[nH]1. The van der Waals surface area contributed by atoms with Gasteiger partial charge in [0.1, 0.15) is 0 Å². The van der Waals surface area contributed by atoms with Gasteiger partial charge in [-0.1, -0.05) is 6.92 Å². The predicted molar refractivity (Wildman–Crippen MR) is 70.5 cm³/mol. The molecule has 0 radical (unpaired) electrons. The number of H-pyrrole nitrogens is 1. The number of carbonyl (C=O) groups is 2. The van der Waals surface area contributed by atoms with E-state index in [1.54, 1.807) is 18.3 Å². The van der Waals surface area contributed by atoms with Gasteiger partial charge >= 0.3 is 0 Å². The van der Waals surface area contributed by atoms with Crippen molar-refractivity contribution in [1.29, 1.82) is 0 Å². The Morgan fingerprint density at radius 1 is 1.39 bits per heavy atom. The molecule has 1 aromatic heterocycles. The number of aromatic nitrogens is 1. The van der Waals surface area contributed by atoms with E-state index in [1.165, 1.54) is 0 Å². The zero-order valence-electron chi connectivity index (χ0n) is 11.2. The third-order valence-corrected chi connectivity index (χ3v) is 2.53. The van der Waals surface area contributed by atoms with Crippen molar-refractivity contribution in [1.82, 2.24) is 15.2 Å². The molecule has 5 nitrogen and oxygen atoms in total. The second-order valence-corrected chi connectivity index (χ2v) is 4.53. The number of amides is 1. The summed E-state index contributed by atoms with van der Waals surface area (Å²) in [7, 11) is 0. The zero-order chi connectivity index (χ0) is 13.5. The van der Waals surface area contributed by atoms with Gasteiger partial charge in [-0.05, 0) is 32.5 Å². The summed E-state index contributed by atoms with van der Waals surface area (Å²) in [6.07, 6.45) is 1.72. The van der Waals surface area contributed by atoms with E-state index in [2.05, 4.69) is 10.3 Å². The van der Waals surface area contributed by atoms with Crippen LogP contribution in [0.2, 0.25) is 0 Å². The number of ketones is 1. The highest BCUT2D eigenvalue weighted by atomic mass is 16.2. The van der Waals surface area contributed by atoms with Crippen molar-refractivity contribution in [3.63, 3.8) is 0 Å². The number of Topliss-reactive ketones (excluding diaryl/α,β-unsaturated/α-hetero) is 1. The number of likely N-dealkylation sites (N-methyl/N-ethyl adjacent to an activating group) is 1. The quantitative estimate of drug-likeness (QED) is 0.712. The van der Waals surface area contributed by atoms with E-state index in [4.69, 9.17) is 0 Å². The van der Waals surface area contributed by atoms with Crippen LogP contribution in [0.5, 0.6) is 0 Å². The highest BCUT2D eigenvalue weighted by Gasteiger charge is 2.15. The van der Waals surface area contributed by atoms with Crippen LogP contribution < -0.4 is 5.32 Å². The van der Waals surface area contributed by atoms with Crippen LogP contribution >= 0.6 is 0 Å². The highest BCUT2D eigenvalue weighted by Crippen LogP contribution is 1.99. The number of hydrogen-bond donors (Lipinski definition) is 2. The Balaban J connectivity index is 2.47. The summed E-state index contributed by atoms with van der Waals surface area (Å²) in [4.78, 5) is 28.2. The average molecular weight is 251 g/mol. The Morgan fingerprint density at radius 2 is 2.11 bits per heavy atom. The van der Waals surface area contributed by atoms with Gasteiger partial charge in [-0.2, -0.15) is 0 Å². The zero-order valence-corrected chi connectivity index (χ0v) is 11.2. The third kappa shape index (κ3) is 4.71. The summed E-state index contributed by atoms with van der Waals surface area (Å²) in [5.74, 6) is -0.0506. The summed E-state index contributed by atoms with van der Waals surface area (Å²) >= 11 is 0. The normalized spacial score (nSPS) is 10.9. The van der Waals surface area contributed by atoms with Crippen molar-refractivity contribution < 1.29 is 9.59 Å². The van der Waals surface area contributed by atoms with Crippen LogP contribution in [0, 0.1) is 0 Å². The van der Waals surface area contributed by atoms with E-state index in [1.807, 2.05) is 25.7 Å². The first kappa shape index (κ1) is 14.4. The fraction of sp³-hybridized carbons (Fsp3) is 0.538. The standard InChI is InChI=1S/C13H21N3O2/c1-4-16(9-13(18)15-10(2)3)8-12(17)11-6-5-7-14-11/h5-7,10,14H,4,8-9H2,1-3H3,(H,15,18). The Hall–Kier alpha value is -1.62. The van der Waals surface area contributed by atoms with Gasteiger partial charge < -0.3 is 10.3 Å². The molecule has 1 aromatic rings. The number of nitrogens with one attached hydrogen (secondary N) is 2. The lowest BCUT2D eigenvalue weighted by molar-refractivity contribution is -0.122. The van der Waals surface area contributed by atoms with Gasteiger partial charge in [-0.3, -0.25) is 14.5 Å². The minimum Gasteiger partial charge on any atom is -0.359 e. The van der Waals surface area contributed by atoms with Crippen molar-refractivity contribution in [2.45, 2.75) is 26.8 Å². The molecule has 18 heavy (non-hydrogen) atoms. The van der Waals surface area contributed by atoms with Crippen molar-refractivity contribution in [3.8, 4) is 0 Å². The summed E-state index contributed by atoms with van der Waals surface area (Å²) in [6, 6.07) is 3.65. The lowest BCUT2D eigenvalue weighted by Gasteiger charge is -2.19. The molecule has 0 aliphatic rings. The molecule has 0 spiro atoms. The molecule has 0 saturated carbocycles. The Bertz CT molecular complexity index is 385. The maximum Gasteiger partial charge on any atom is 0.234 e. The molecule has 100 valence electrons. The number of aromatic amines is 1. The fourth-order valence-electron chi connectivity index (χ4n) is 1.64. The molecule has 1 amide bonds. The second-order valence-electron chi connectivity index (χ2n) is 4.53. The van der Waals surface area contributed by atoms with Crippen LogP contribution in [0.4, 0.5) is 0 Å². The van der Waals surface area contributed by atoms with Crippen molar-refractivity contribution in [2.75, 3.05) is 19.6 Å². The lowest BCUT2D eigenvalue weighted by Crippen LogP contribution is -2.41. The van der Waals surface area contributed by atoms with Gasteiger partial charge in [-0.25, -0.2) is 0 Å². The van der Waals surface area contributed by atoms with Crippen LogP contribution in [0.25, 0.3) is 0 Å². The van der Waals surface area contributed by atoms with E-state index in [0.29, 0.717) is 12.2 Å². The molecular formula is C13H21N3O2. The van der Waals surface area contributed by atoms with Gasteiger partial charge in [-0.15, -0.1) is 0 Å². The number of rotatable bonds is 7. The highest BCUT2D eigenvalue weighted by molar-refractivity contribution is 5.96. The second kappa shape index (κ2) is 6.96. The van der Waals surface area contributed by atoms with Crippen LogP contribution in [-0.2, 0) is 4.79 Å². The summed E-state index contributed by atoms with van der Waals surface area (Å²) in [5.41, 5.74) is 0.581. The van der Waals surface area contributed by atoms with Crippen LogP contribution in [0.15, 0.2) is 18.3 Å². The average Bonchev–Trinajstić information content (AvgIpc) is 2.80. The summed E-state index contributed by atoms with van der Waals surface area (Å²) in [6.45, 7) is 6.93. The molecule has 0 atom stereocenters. The maximum atomic E-state index is 11.9. The predicted octanol–water partition coefficient (Wildman–Crippen LogP) is 1.04. The minimum absolute atomic E-state index is 0.000744. The molecule has 0 bridgehead atoms. The van der Waals surface area contributed by atoms with E-state index in [9.17, 15) is 9.59 Å². The smallest absolute Gasteiger partial charge is 0.234 e. The van der Waals surface area contributed by atoms with Gasteiger partial charge in [0.05, 0.1) is 18.8 Å². The molecule has 0 aromatic carbocycles. The van der Waals surface area contributed by atoms with Gasteiger partial charge in [0.25, 0.3) is 0 Å². The molecule has 5 heteroatoms. The Labute approximate surface area is 108 Å². The summed E-state index contributed by atoms with van der Waals surface area (Å²) in [5, 5.41) is 2.82. The van der Waals surface area contributed by atoms with Gasteiger partial charge in [0, 0.05) is 12.2 Å². The van der Waals surface area contributed by atoms with Crippen LogP contribution in [-0.4, -0.2) is 47.3 Å². The monoisotopic (exact) mass is 251 g/mol. The number of nitrogens with zero attached hydrogens (tertiary/aromatic N) is 1. The molecular weight excluding hydrogens is 230 g/mol. The molecule has 0 unspecified atom stereocenters. The topological polar surface area (TPSA) is 65.2 Å². The van der Waals surface area contributed by atoms with Crippen LogP contribution in [0.3, 0.4) is 0 Å². The van der Waals surface area contributed by atoms with Crippen molar-refractivity contribution in [2.24, 2.45) is 0 Å². The third-order valence-electron chi connectivity index (χ3n) is 2.53. The first-order valence-corrected chi connectivity index (χ1v) is 6.21. The maximum absolute atomic E-state index is 11.9. The van der Waals surface area contributed by atoms with Crippen molar-refractivity contribution in [3.05, 3.63) is 24.0 Å². The Morgan fingerprint density at radius 3 is 2.61 bits per heavy atom. The van der Waals surface area contributed by atoms with E-state index >= 15 is 0 Å². The van der Waals surface area contributed by atoms with E-state index in [0.717, 1.165) is 0 Å². The van der Waals surface area contributed by atoms with Gasteiger partial charge in [0.15, 0.2) is 5.78 Å². The largest absolute Gasteiger partial charge is 0.359 e. The number of carbonyl (C=O) groups excluding carboxylic acids is 2. The van der Waals surface area contributed by atoms with Gasteiger partial charge in [0.2, 0.25) is 5.91 Å². The van der Waals surface area contributed by atoms with E-state index < -0.39 is 0 Å². The molecule has 2 N–H and O–H groups in total. The minimum atomic E-state index is -0.0499. The van der Waals surface area contributed by atoms with E-state index in [-0.39, 0.29) is 30.8 Å². The fourth-order valence-corrected chi connectivity index (χ4v) is 1.64. The van der Waals surface area contributed by atoms with Crippen LogP contribution in [0.1, 0.15) is 31.3 Å².